The van der Waals surface area contributed by atoms with E-state index in [-0.39, 0.29) is 11.1 Å². The van der Waals surface area contributed by atoms with Gasteiger partial charge < -0.3 is 5.32 Å². The first-order valence-electron chi connectivity index (χ1n) is 10.8. The van der Waals surface area contributed by atoms with Gasteiger partial charge >= 0.3 is 5.69 Å². The molecule has 0 saturated carbocycles. The Morgan fingerprint density at radius 1 is 0.735 bits per heavy atom. The van der Waals surface area contributed by atoms with Crippen LogP contribution in [0.15, 0.2) is 82.4 Å². The highest BCUT2D eigenvalue weighted by atomic mass is 16.1. The summed E-state index contributed by atoms with van der Waals surface area (Å²) >= 11 is 0. The number of nitrogens with one attached hydrogen (secondary N) is 1. The first kappa shape index (κ1) is 21.3. The number of pyridine rings is 1. The van der Waals surface area contributed by atoms with Crippen LogP contribution in [0.5, 0.6) is 0 Å². The SMILES string of the molecule is Cc1cc(C)nc(-n2c(Nc3ccccc3)cc(=O)c3c(C)n(-c4ccccc4)c(=O)nc32)n1. The van der Waals surface area contributed by atoms with E-state index in [9.17, 15) is 9.59 Å². The second-order valence-corrected chi connectivity index (χ2v) is 8.02. The fourth-order valence-electron chi connectivity index (χ4n) is 4.09. The van der Waals surface area contributed by atoms with Crippen LogP contribution in [0.3, 0.4) is 0 Å². The van der Waals surface area contributed by atoms with Gasteiger partial charge in [-0.2, -0.15) is 4.98 Å². The highest BCUT2D eigenvalue weighted by molar-refractivity contribution is 5.82. The maximum absolute atomic E-state index is 13.4. The van der Waals surface area contributed by atoms with E-state index in [2.05, 4.69) is 20.3 Å². The third-order valence-electron chi connectivity index (χ3n) is 5.51. The van der Waals surface area contributed by atoms with Gasteiger partial charge in [-0.15, -0.1) is 0 Å². The predicted octanol–water partition coefficient (Wildman–Crippen LogP) is 4.00. The highest BCUT2D eigenvalue weighted by Crippen LogP contribution is 2.24. The van der Waals surface area contributed by atoms with Gasteiger partial charge in [-0.3, -0.25) is 9.36 Å². The largest absolute Gasteiger partial charge is 0.354 e. The molecule has 0 radical (unpaired) electrons. The Morgan fingerprint density at radius 3 is 2.00 bits per heavy atom. The fraction of sp³-hybridized carbons (Fsp3) is 0.115. The fourth-order valence-corrected chi connectivity index (χ4v) is 4.09. The topological polar surface area (TPSA) is 94.7 Å². The van der Waals surface area contributed by atoms with Gasteiger partial charge in [-0.1, -0.05) is 36.4 Å². The summed E-state index contributed by atoms with van der Waals surface area (Å²) in [5, 5.41) is 3.59. The second kappa shape index (κ2) is 8.40. The molecule has 3 heterocycles. The molecule has 5 aromatic rings. The van der Waals surface area contributed by atoms with Gasteiger partial charge in [0.1, 0.15) is 5.82 Å². The van der Waals surface area contributed by atoms with Gasteiger partial charge in [0.15, 0.2) is 11.1 Å². The molecular weight excluding hydrogens is 428 g/mol. The van der Waals surface area contributed by atoms with Crippen molar-refractivity contribution in [3.8, 4) is 11.6 Å². The first-order chi connectivity index (χ1) is 16.4. The van der Waals surface area contributed by atoms with Gasteiger partial charge in [0.2, 0.25) is 5.95 Å². The lowest BCUT2D eigenvalue weighted by Gasteiger charge is -2.19. The normalized spacial score (nSPS) is 11.0. The van der Waals surface area contributed by atoms with E-state index < -0.39 is 5.69 Å². The smallest absolute Gasteiger partial charge is 0.341 e. The first-order valence-corrected chi connectivity index (χ1v) is 10.8. The maximum Gasteiger partial charge on any atom is 0.354 e. The van der Waals surface area contributed by atoms with Crippen molar-refractivity contribution < 1.29 is 0 Å². The quantitative estimate of drug-likeness (QED) is 0.445. The van der Waals surface area contributed by atoms with Crippen LogP contribution in [0.1, 0.15) is 17.1 Å². The molecule has 0 aliphatic carbocycles. The number of rotatable bonds is 4. The molecule has 0 fully saturated rings. The number of aryl methyl sites for hydroxylation is 3. The van der Waals surface area contributed by atoms with Crippen molar-refractivity contribution in [2.75, 3.05) is 5.32 Å². The summed E-state index contributed by atoms with van der Waals surface area (Å²) in [6.45, 7) is 5.49. The minimum atomic E-state index is -0.495. The average Bonchev–Trinajstić information content (AvgIpc) is 2.79. The van der Waals surface area contributed by atoms with Crippen LogP contribution >= 0.6 is 0 Å². The van der Waals surface area contributed by atoms with E-state index in [1.807, 2.05) is 68.4 Å². The number of nitrogens with zero attached hydrogens (tertiary/aromatic N) is 5. The molecule has 34 heavy (non-hydrogen) atoms. The van der Waals surface area contributed by atoms with Crippen molar-refractivity contribution in [2.24, 2.45) is 0 Å². The molecule has 0 aliphatic rings. The molecule has 5 rings (SSSR count). The monoisotopic (exact) mass is 450 g/mol. The molecule has 8 nitrogen and oxygen atoms in total. The molecule has 0 atom stereocenters. The van der Waals surface area contributed by atoms with Gasteiger partial charge in [-0.25, -0.2) is 19.3 Å². The third kappa shape index (κ3) is 3.75. The van der Waals surface area contributed by atoms with Crippen LogP contribution in [-0.2, 0) is 0 Å². The molecule has 8 heteroatoms. The van der Waals surface area contributed by atoms with Gasteiger partial charge in [0.25, 0.3) is 0 Å². The van der Waals surface area contributed by atoms with Crippen LogP contribution in [-0.4, -0.2) is 24.1 Å². The minimum absolute atomic E-state index is 0.200. The summed E-state index contributed by atoms with van der Waals surface area (Å²) < 4.78 is 3.08. The zero-order valence-corrected chi connectivity index (χ0v) is 19.0. The standard InChI is InChI=1S/C26H22N6O2/c1-16-14-17(2)28-25(27-16)32-22(29-19-10-6-4-7-11-19)15-21(33)23-18(3)31(26(34)30-24(23)32)20-12-8-5-9-13-20/h4-15,29H,1-3H3. The molecule has 0 aliphatic heterocycles. The predicted molar refractivity (Wildman–Crippen MR) is 132 cm³/mol. The number of aromatic nitrogens is 5. The summed E-state index contributed by atoms with van der Waals surface area (Å²) in [6.07, 6.45) is 0. The van der Waals surface area contributed by atoms with Gasteiger partial charge in [0.05, 0.1) is 11.1 Å². The Balaban J connectivity index is 1.88. The lowest BCUT2D eigenvalue weighted by Crippen LogP contribution is -2.28. The van der Waals surface area contributed by atoms with Crippen molar-refractivity contribution in [1.82, 2.24) is 24.1 Å². The number of anilines is 2. The summed E-state index contributed by atoms with van der Waals surface area (Å²) in [5.74, 6) is 0.738. The third-order valence-corrected chi connectivity index (χ3v) is 5.51. The van der Waals surface area contributed by atoms with Crippen LogP contribution in [0.2, 0.25) is 0 Å². The number of para-hydroxylation sites is 2. The Kier molecular flexibility index (Phi) is 5.25. The van der Waals surface area contributed by atoms with Crippen LogP contribution < -0.4 is 16.4 Å². The number of benzene rings is 2. The zero-order chi connectivity index (χ0) is 23.8. The van der Waals surface area contributed by atoms with E-state index in [0.717, 1.165) is 17.1 Å². The summed E-state index contributed by atoms with van der Waals surface area (Å²) in [7, 11) is 0. The van der Waals surface area contributed by atoms with E-state index in [1.165, 1.54) is 10.6 Å². The van der Waals surface area contributed by atoms with Crippen molar-refractivity contribution in [3.63, 3.8) is 0 Å². The van der Waals surface area contributed by atoms with Crippen molar-refractivity contribution in [2.45, 2.75) is 20.8 Å². The van der Waals surface area contributed by atoms with E-state index in [1.54, 1.807) is 23.6 Å². The lowest BCUT2D eigenvalue weighted by atomic mass is 10.2. The van der Waals surface area contributed by atoms with Crippen LogP contribution in [0.4, 0.5) is 11.5 Å². The molecule has 0 bridgehead atoms. The molecular formula is C26H22N6O2. The van der Waals surface area contributed by atoms with Crippen molar-refractivity contribution >= 4 is 22.5 Å². The van der Waals surface area contributed by atoms with E-state index in [0.29, 0.717) is 28.5 Å². The van der Waals surface area contributed by atoms with E-state index >= 15 is 0 Å². The Labute approximate surface area is 195 Å². The molecule has 1 N–H and O–H groups in total. The second-order valence-electron chi connectivity index (χ2n) is 8.02. The average molecular weight is 451 g/mol. The summed E-state index contributed by atoms with van der Waals surface area (Å²) in [4.78, 5) is 40.1. The molecule has 0 saturated heterocycles. The number of hydrogen-bond acceptors (Lipinski definition) is 6. The molecule has 3 aromatic heterocycles. The van der Waals surface area contributed by atoms with Crippen LogP contribution in [0.25, 0.3) is 22.7 Å². The molecule has 2 aromatic carbocycles. The highest BCUT2D eigenvalue weighted by Gasteiger charge is 2.20. The molecule has 168 valence electrons. The zero-order valence-electron chi connectivity index (χ0n) is 19.0. The summed E-state index contributed by atoms with van der Waals surface area (Å²) in [5.41, 5.74) is 2.87. The van der Waals surface area contributed by atoms with Gasteiger partial charge in [0, 0.05) is 28.8 Å². The maximum atomic E-state index is 13.4. The Bertz CT molecular complexity index is 1620. The van der Waals surface area contributed by atoms with Crippen LogP contribution in [0, 0.1) is 20.8 Å². The van der Waals surface area contributed by atoms with Crippen molar-refractivity contribution in [3.05, 3.63) is 111 Å². The molecule has 0 amide bonds. The molecule has 0 spiro atoms. The van der Waals surface area contributed by atoms with Crippen molar-refractivity contribution in [1.29, 1.82) is 0 Å². The number of hydrogen-bond donors (Lipinski definition) is 1. The Morgan fingerprint density at radius 2 is 1.35 bits per heavy atom. The lowest BCUT2D eigenvalue weighted by molar-refractivity contribution is 0.859. The summed E-state index contributed by atoms with van der Waals surface area (Å²) in [6, 6.07) is 21.9. The van der Waals surface area contributed by atoms with Gasteiger partial charge in [-0.05, 0) is 51.1 Å². The minimum Gasteiger partial charge on any atom is -0.341 e. The molecule has 0 unspecified atom stereocenters. The number of fused-ring (bicyclic) bond motifs is 1. The van der Waals surface area contributed by atoms with E-state index in [4.69, 9.17) is 0 Å². The Hall–Kier alpha value is -4.59.